The number of carboxylic acids is 1. The molecule has 0 heterocycles. The van der Waals surface area contributed by atoms with Gasteiger partial charge in [-0.2, -0.15) is 0 Å². The van der Waals surface area contributed by atoms with Crippen molar-refractivity contribution in [3.8, 4) is 5.75 Å². The number of hydrogen-bond donors (Lipinski definition) is 1. The second-order valence-electron chi connectivity index (χ2n) is 3.36. The van der Waals surface area contributed by atoms with E-state index in [0.717, 1.165) is 23.3 Å². The number of benzene rings is 1. The van der Waals surface area contributed by atoms with Crippen molar-refractivity contribution in [2.24, 2.45) is 0 Å². The van der Waals surface area contributed by atoms with Gasteiger partial charge in [0.1, 0.15) is 5.75 Å². The molecule has 82 valence electrons. The van der Waals surface area contributed by atoms with Gasteiger partial charge in [0, 0.05) is 6.42 Å². The van der Waals surface area contributed by atoms with Crippen LogP contribution in [0.25, 0.3) is 0 Å². The summed E-state index contributed by atoms with van der Waals surface area (Å²) in [6.45, 7) is 2.05. The zero-order valence-electron chi connectivity index (χ0n) is 9.12. The van der Waals surface area contributed by atoms with Crippen LogP contribution in [-0.2, 0) is 17.6 Å². The number of aryl methyl sites for hydroxylation is 2. The van der Waals surface area contributed by atoms with E-state index >= 15 is 0 Å². The van der Waals surface area contributed by atoms with Crippen molar-refractivity contribution in [3.05, 3.63) is 29.3 Å². The van der Waals surface area contributed by atoms with Crippen molar-refractivity contribution in [1.29, 1.82) is 0 Å². The standard InChI is InChI=1S/C12H16O3/c1-3-9-5-4-6-10(12(9)15-2)7-8-11(13)14/h4-6H,3,7-8H2,1-2H3,(H,13,14). The second kappa shape index (κ2) is 5.39. The van der Waals surface area contributed by atoms with E-state index in [-0.39, 0.29) is 6.42 Å². The Balaban J connectivity index is 2.90. The number of aliphatic carboxylic acids is 1. The lowest BCUT2D eigenvalue weighted by atomic mass is 10.0. The van der Waals surface area contributed by atoms with Gasteiger partial charge in [0.2, 0.25) is 0 Å². The number of ether oxygens (including phenoxy) is 1. The Morgan fingerprint density at radius 2 is 2.07 bits per heavy atom. The van der Waals surface area contributed by atoms with Crippen LogP contribution in [0.3, 0.4) is 0 Å². The van der Waals surface area contributed by atoms with Gasteiger partial charge >= 0.3 is 5.97 Å². The van der Waals surface area contributed by atoms with Crippen molar-refractivity contribution < 1.29 is 14.6 Å². The highest BCUT2D eigenvalue weighted by molar-refractivity contribution is 5.67. The molecule has 1 aromatic carbocycles. The van der Waals surface area contributed by atoms with Gasteiger partial charge < -0.3 is 9.84 Å². The maximum absolute atomic E-state index is 10.5. The first-order valence-corrected chi connectivity index (χ1v) is 5.05. The normalized spacial score (nSPS) is 10.0. The van der Waals surface area contributed by atoms with Crippen LogP contribution in [0.5, 0.6) is 5.75 Å². The number of carboxylic acid groups (broad SMARTS) is 1. The zero-order chi connectivity index (χ0) is 11.3. The third-order valence-electron chi connectivity index (χ3n) is 2.37. The van der Waals surface area contributed by atoms with E-state index in [1.54, 1.807) is 7.11 Å². The third-order valence-corrected chi connectivity index (χ3v) is 2.37. The van der Waals surface area contributed by atoms with E-state index in [9.17, 15) is 4.79 Å². The van der Waals surface area contributed by atoms with Crippen molar-refractivity contribution in [1.82, 2.24) is 0 Å². The average molecular weight is 208 g/mol. The second-order valence-corrected chi connectivity index (χ2v) is 3.36. The topological polar surface area (TPSA) is 46.5 Å². The molecular weight excluding hydrogens is 192 g/mol. The molecule has 0 saturated heterocycles. The largest absolute Gasteiger partial charge is 0.496 e. The Morgan fingerprint density at radius 1 is 1.40 bits per heavy atom. The third kappa shape index (κ3) is 2.98. The minimum Gasteiger partial charge on any atom is -0.496 e. The molecule has 0 aliphatic heterocycles. The highest BCUT2D eigenvalue weighted by Crippen LogP contribution is 2.25. The molecule has 0 saturated carbocycles. The predicted molar refractivity (Wildman–Crippen MR) is 58.3 cm³/mol. The molecule has 0 radical (unpaired) electrons. The fourth-order valence-electron chi connectivity index (χ4n) is 1.62. The van der Waals surface area contributed by atoms with E-state index in [0.29, 0.717) is 6.42 Å². The van der Waals surface area contributed by atoms with Gasteiger partial charge in [-0.25, -0.2) is 0 Å². The zero-order valence-corrected chi connectivity index (χ0v) is 9.12. The molecule has 0 atom stereocenters. The van der Waals surface area contributed by atoms with Crippen LogP contribution >= 0.6 is 0 Å². The molecule has 0 fully saturated rings. The summed E-state index contributed by atoms with van der Waals surface area (Å²) in [5, 5.41) is 8.62. The minimum absolute atomic E-state index is 0.142. The number of methoxy groups -OCH3 is 1. The quantitative estimate of drug-likeness (QED) is 0.807. The van der Waals surface area contributed by atoms with E-state index in [1.165, 1.54) is 0 Å². The first-order valence-electron chi connectivity index (χ1n) is 5.05. The molecule has 0 aromatic heterocycles. The molecule has 0 spiro atoms. The molecule has 0 aliphatic rings. The van der Waals surface area contributed by atoms with Crippen LogP contribution in [0.15, 0.2) is 18.2 Å². The highest BCUT2D eigenvalue weighted by atomic mass is 16.5. The van der Waals surface area contributed by atoms with E-state index in [2.05, 4.69) is 6.92 Å². The summed E-state index contributed by atoms with van der Waals surface area (Å²) in [6, 6.07) is 5.86. The molecule has 1 aromatic rings. The summed E-state index contributed by atoms with van der Waals surface area (Å²) in [5.41, 5.74) is 2.10. The maximum atomic E-state index is 10.5. The van der Waals surface area contributed by atoms with Crippen LogP contribution in [0.4, 0.5) is 0 Å². The van der Waals surface area contributed by atoms with Gasteiger partial charge in [-0.05, 0) is 24.0 Å². The van der Waals surface area contributed by atoms with Crippen LogP contribution in [-0.4, -0.2) is 18.2 Å². The summed E-state index contributed by atoms with van der Waals surface area (Å²) in [6.07, 6.45) is 1.56. The Morgan fingerprint density at radius 3 is 2.60 bits per heavy atom. The predicted octanol–water partition coefficient (Wildman–Crippen LogP) is 2.27. The first kappa shape index (κ1) is 11.6. The summed E-state index contributed by atoms with van der Waals surface area (Å²) < 4.78 is 5.31. The van der Waals surface area contributed by atoms with Crippen molar-refractivity contribution in [3.63, 3.8) is 0 Å². The molecule has 15 heavy (non-hydrogen) atoms. The number of rotatable bonds is 5. The van der Waals surface area contributed by atoms with Gasteiger partial charge in [-0.1, -0.05) is 25.1 Å². The lowest BCUT2D eigenvalue weighted by Gasteiger charge is -2.11. The molecule has 0 unspecified atom stereocenters. The Bertz CT molecular complexity index is 345. The van der Waals surface area contributed by atoms with Crippen LogP contribution in [0, 0.1) is 0 Å². The SMILES string of the molecule is CCc1cccc(CCC(=O)O)c1OC. The maximum Gasteiger partial charge on any atom is 0.303 e. The smallest absolute Gasteiger partial charge is 0.303 e. The summed E-state index contributed by atoms with van der Waals surface area (Å²) in [5.74, 6) is 0.0557. The fraction of sp³-hybridized carbons (Fsp3) is 0.417. The van der Waals surface area contributed by atoms with Crippen LogP contribution < -0.4 is 4.74 Å². The lowest BCUT2D eigenvalue weighted by molar-refractivity contribution is -0.136. The first-order chi connectivity index (χ1) is 7.19. The van der Waals surface area contributed by atoms with E-state index < -0.39 is 5.97 Å². The van der Waals surface area contributed by atoms with E-state index in [1.807, 2.05) is 18.2 Å². The van der Waals surface area contributed by atoms with Crippen LogP contribution in [0.1, 0.15) is 24.5 Å². The Kier molecular flexibility index (Phi) is 4.16. The molecule has 3 nitrogen and oxygen atoms in total. The number of carbonyl (C=O) groups is 1. The highest BCUT2D eigenvalue weighted by Gasteiger charge is 2.08. The average Bonchev–Trinajstić information content (AvgIpc) is 2.25. The lowest BCUT2D eigenvalue weighted by Crippen LogP contribution is -2.01. The molecule has 0 bridgehead atoms. The van der Waals surface area contributed by atoms with Crippen molar-refractivity contribution >= 4 is 5.97 Å². The van der Waals surface area contributed by atoms with Gasteiger partial charge in [-0.15, -0.1) is 0 Å². The van der Waals surface area contributed by atoms with Crippen molar-refractivity contribution in [2.75, 3.05) is 7.11 Å². The number of hydrogen-bond acceptors (Lipinski definition) is 2. The van der Waals surface area contributed by atoms with Gasteiger partial charge in [0.25, 0.3) is 0 Å². The van der Waals surface area contributed by atoms with Gasteiger partial charge in [0.05, 0.1) is 7.11 Å². The van der Waals surface area contributed by atoms with Crippen molar-refractivity contribution in [2.45, 2.75) is 26.2 Å². The minimum atomic E-state index is -0.779. The molecule has 0 aliphatic carbocycles. The molecule has 1 N–H and O–H groups in total. The molecular formula is C12H16O3. The Hall–Kier alpha value is -1.51. The molecule has 0 amide bonds. The summed E-state index contributed by atoms with van der Waals surface area (Å²) in [7, 11) is 1.62. The van der Waals surface area contributed by atoms with E-state index in [4.69, 9.17) is 9.84 Å². The molecule has 1 rings (SSSR count). The van der Waals surface area contributed by atoms with Gasteiger partial charge in [0.15, 0.2) is 0 Å². The number of para-hydroxylation sites is 1. The Labute approximate surface area is 89.7 Å². The van der Waals surface area contributed by atoms with Gasteiger partial charge in [-0.3, -0.25) is 4.79 Å². The van der Waals surface area contributed by atoms with Crippen LogP contribution in [0.2, 0.25) is 0 Å². The summed E-state index contributed by atoms with van der Waals surface area (Å²) in [4.78, 5) is 10.5. The summed E-state index contributed by atoms with van der Waals surface area (Å²) >= 11 is 0. The molecule has 3 heteroatoms. The fourth-order valence-corrected chi connectivity index (χ4v) is 1.62. The monoisotopic (exact) mass is 208 g/mol.